The minimum absolute atomic E-state index is 0.0173. The second kappa shape index (κ2) is 7.27. The summed E-state index contributed by atoms with van der Waals surface area (Å²) in [5, 5.41) is 3.09. The van der Waals surface area contributed by atoms with Crippen LogP contribution in [0.5, 0.6) is 5.75 Å². The summed E-state index contributed by atoms with van der Waals surface area (Å²) in [5.41, 5.74) is 0.919. The van der Waals surface area contributed by atoms with E-state index in [9.17, 15) is 9.18 Å². The molecule has 1 unspecified atom stereocenters. The lowest BCUT2D eigenvalue weighted by Gasteiger charge is -2.18. The van der Waals surface area contributed by atoms with E-state index < -0.39 is 11.7 Å². The first-order chi connectivity index (χ1) is 10.5. The summed E-state index contributed by atoms with van der Waals surface area (Å²) >= 11 is 5.70. The van der Waals surface area contributed by atoms with Crippen molar-refractivity contribution in [1.82, 2.24) is 5.32 Å². The number of benzene rings is 2. The number of ether oxygens (including phenoxy) is 1. The molecule has 1 atom stereocenters. The van der Waals surface area contributed by atoms with Crippen molar-refractivity contribution in [2.75, 3.05) is 7.11 Å². The zero-order valence-corrected chi connectivity index (χ0v) is 13.2. The molecule has 22 heavy (non-hydrogen) atoms. The Balaban J connectivity index is 2.16. The summed E-state index contributed by atoms with van der Waals surface area (Å²) < 4.78 is 18.9. The first-order valence-corrected chi connectivity index (χ1v) is 7.32. The van der Waals surface area contributed by atoms with E-state index in [1.165, 1.54) is 12.1 Å². The second-order valence-electron chi connectivity index (χ2n) is 4.83. The molecule has 5 heteroatoms. The van der Waals surface area contributed by atoms with Crippen LogP contribution in [0.3, 0.4) is 0 Å². The van der Waals surface area contributed by atoms with Crippen molar-refractivity contribution in [3.05, 3.63) is 64.4 Å². The van der Waals surface area contributed by atoms with Crippen LogP contribution >= 0.6 is 11.6 Å². The molecule has 0 aromatic heterocycles. The van der Waals surface area contributed by atoms with E-state index in [2.05, 4.69) is 5.32 Å². The molecule has 2 aromatic carbocycles. The van der Waals surface area contributed by atoms with Crippen LogP contribution in [0.4, 0.5) is 4.39 Å². The van der Waals surface area contributed by atoms with Crippen LogP contribution in [-0.2, 0) is 0 Å². The number of carbonyl (C=O) groups excluding carboxylic acids is 1. The van der Waals surface area contributed by atoms with Crippen molar-refractivity contribution in [2.24, 2.45) is 0 Å². The fraction of sp³-hybridized carbons (Fsp3) is 0.235. The molecular weight excluding hydrogens is 305 g/mol. The lowest BCUT2D eigenvalue weighted by molar-refractivity contribution is 0.0931. The Morgan fingerprint density at radius 3 is 2.50 bits per heavy atom. The number of amides is 1. The summed E-state index contributed by atoms with van der Waals surface area (Å²) in [5.74, 6) is -0.347. The minimum Gasteiger partial charge on any atom is -0.497 e. The number of methoxy groups -OCH3 is 1. The lowest BCUT2D eigenvalue weighted by Crippen LogP contribution is -2.28. The third kappa shape index (κ3) is 3.77. The predicted octanol–water partition coefficient (Wildman–Crippen LogP) is 4.37. The molecule has 2 aromatic rings. The molecule has 0 fully saturated rings. The van der Waals surface area contributed by atoms with Gasteiger partial charge in [0.25, 0.3) is 5.91 Å². The molecule has 0 aliphatic rings. The van der Waals surface area contributed by atoms with Crippen molar-refractivity contribution < 1.29 is 13.9 Å². The highest BCUT2D eigenvalue weighted by Gasteiger charge is 2.17. The average molecular weight is 322 g/mol. The van der Waals surface area contributed by atoms with E-state index in [1.54, 1.807) is 7.11 Å². The smallest absolute Gasteiger partial charge is 0.254 e. The Morgan fingerprint density at radius 1 is 1.27 bits per heavy atom. The van der Waals surface area contributed by atoms with Gasteiger partial charge >= 0.3 is 0 Å². The second-order valence-corrected chi connectivity index (χ2v) is 5.27. The summed E-state index contributed by atoms with van der Waals surface area (Å²) in [6.07, 6.45) is 0.688. The predicted molar refractivity (Wildman–Crippen MR) is 84.9 cm³/mol. The molecule has 0 bridgehead atoms. The third-order valence-electron chi connectivity index (χ3n) is 3.41. The SMILES string of the molecule is CCC(NC(=O)c1ccc(Cl)cc1F)c1ccc(OC)cc1. The first kappa shape index (κ1) is 16.3. The zero-order chi connectivity index (χ0) is 16.1. The number of hydrogen-bond donors (Lipinski definition) is 1. The van der Waals surface area contributed by atoms with E-state index in [0.29, 0.717) is 6.42 Å². The highest BCUT2D eigenvalue weighted by molar-refractivity contribution is 6.30. The Morgan fingerprint density at radius 2 is 1.95 bits per heavy atom. The molecule has 1 N–H and O–H groups in total. The van der Waals surface area contributed by atoms with Crippen LogP contribution < -0.4 is 10.1 Å². The molecule has 2 rings (SSSR count). The van der Waals surface area contributed by atoms with Crippen LogP contribution in [0.25, 0.3) is 0 Å². The third-order valence-corrected chi connectivity index (χ3v) is 3.64. The van der Waals surface area contributed by atoms with E-state index in [1.807, 2.05) is 31.2 Å². The van der Waals surface area contributed by atoms with Gasteiger partial charge in [-0.3, -0.25) is 4.79 Å². The van der Waals surface area contributed by atoms with E-state index in [4.69, 9.17) is 16.3 Å². The molecule has 0 aliphatic heterocycles. The Hall–Kier alpha value is -2.07. The molecule has 0 aliphatic carbocycles. The summed E-state index contributed by atoms with van der Waals surface area (Å²) in [4.78, 5) is 12.2. The fourth-order valence-electron chi connectivity index (χ4n) is 2.17. The quantitative estimate of drug-likeness (QED) is 0.888. The molecule has 0 saturated carbocycles. The number of halogens is 2. The molecule has 1 amide bonds. The van der Waals surface area contributed by atoms with Gasteiger partial charge in [0.05, 0.1) is 18.7 Å². The van der Waals surface area contributed by atoms with Crippen molar-refractivity contribution >= 4 is 17.5 Å². The van der Waals surface area contributed by atoms with Gasteiger partial charge in [0.15, 0.2) is 0 Å². The molecule has 0 heterocycles. The number of nitrogens with one attached hydrogen (secondary N) is 1. The van der Waals surface area contributed by atoms with Gasteiger partial charge in [-0.25, -0.2) is 4.39 Å². The van der Waals surface area contributed by atoms with Crippen LogP contribution in [0, 0.1) is 5.82 Å². The van der Waals surface area contributed by atoms with E-state index in [0.717, 1.165) is 17.4 Å². The zero-order valence-electron chi connectivity index (χ0n) is 12.4. The first-order valence-electron chi connectivity index (χ1n) is 6.95. The molecule has 116 valence electrons. The van der Waals surface area contributed by atoms with Crippen molar-refractivity contribution in [1.29, 1.82) is 0 Å². The fourth-order valence-corrected chi connectivity index (χ4v) is 2.33. The molecule has 0 radical (unpaired) electrons. The van der Waals surface area contributed by atoms with Crippen molar-refractivity contribution in [2.45, 2.75) is 19.4 Å². The van der Waals surface area contributed by atoms with Gasteiger partial charge in [-0.15, -0.1) is 0 Å². The summed E-state index contributed by atoms with van der Waals surface area (Å²) in [6.45, 7) is 1.95. The highest BCUT2D eigenvalue weighted by Crippen LogP contribution is 2.21. The van der Waals surface area contributed by atoms with Crippen LogP contribution in [0.15, 0.2) is 42.5 Å². The van der Waals surface area contributed by atoms with E-state index in [-0.39, 0.29) is 16.6 Å². The van der Waals surface area contributed by atoms with Gasteiger partial charge in [-0.1, -0.05) is 30.7 Å². The van der Waals surface area contributed by atoms with Gasteiger partial charge < -0.3 is 10.1 Å². The van der Waals surface area contributed by atoms with Gasteiger partial charge in [0.1, 0.15) is 11.6 Å². The number of rotatable bonds is 5. The standard InChI is InChI=1S/C17H17ClFNO2/c1-3-16(11-4-7-13(22-2)8-5-11)20-17(21)14-9-6-12(18)10-15(14)19/h4-10,16H,3H2,1-2H3,(H,20,21). The Labute approximate surface area is 134 Å². The lowest BCUT2D eigenvalue weighted by atomic mass is 10.0. The van der Waals surface area contributed by atoms with Gasteiger partial charge in [0.2, 0.25) is 0 Å². The number of carbonyl (C=O) groups is 1. The molecule has 0 spiro atoms. The maximum Gasteiger partial charge on any atom is 0.254 e. The summed E-state index contributed by atoms with van der Waals surface area (Å²) in [7, 11) is 1.59. The molecule has 0 saturated heterocycles. The molecular formula is C17H17ClFNO2. The number of hydrogen-bond acceptors (Lipinski definition) is 2. The van der Waals surface area contributed by atoms with Crippen molar-refractivity contribution in [3.8, 4) is 5.75 Å². The highest BCUT2D eigenvalue weighted by atomic mass is 35.5. The van der Waals surface area contributed by atoms with Gasteiger partial charge in [-0.2, -0.15) is 0 Å². The van der Waals surface area contributed by atoms with Gasteiger partial charge in [0, 0.05) is 5.02 Å². The van der Waals surface area contributed by atoms with Crippen LogP contribution in [-0.4, -0.2) is 13.0 Å². The monoisotopic (exact) mass is 321 g/mol. The Bertz CT molecular complexity index is 658. The minimum atomic E-state index is -0.630. The molecule has 3 nitrogen and oxygen atoms in total. The Kier molecular flexibility index (Phi) is 5.39. The normalized spacial score (nSPS) is 11.8. The van der Waals surface area contributed by atoms with Gasteiger partial charge in [-0.05, 0) is 42.3 Å². The van der Waals surface area contributed by atoms with Crippen LogP contribution in [0.2, 0.25) is 5.02 Å². The maximum atomic E-state index is 13.8. The van der Waals surface area contributed by atoms with E-state index >= 15 is 0 Å². The summed E-state index contributed by atoms with van der Waals surface area (Å²) in [6, 6.07) is 11.2. The largest absolute Gasteiger partial charge is 0.497 e. The topological polar surface area (TPSA) is 38.3 Å². The van der Waals surface area contributed by atoms with Crippen LogP contribution in [0.1, 0.15) is 35.3 Å². The average Bonchev–Trinajstić information content (AvgIpc) is 2.52. The maximum absolute atomic E-state index is 13.8. The van der Waals surface area contributed by atoms with Crippen molar-refractivity contribution in [3.63, 3.8) is 0 Å².